The molecule has 0 bridgehead atoms. The Balaban J connectivity index is 1.52. The van der Waals surface area contributed by atoms with Crippen LogP contribution in [0.2, 0.25) is 5.02 Å². The van der Waals surface area contributed by atoms with E-state index in [1.807, 2.05) is 6.07 Å². The molecule has 0 aliphatic heterocycles. The van der Waals surface area contributed by atoms with Crippen LogP contribution in [0.3, 0.4) is 0 Å². The fraction of sp³-hybridized carbons (Fsp3) is 0.0455. The van der Waals surface area contributed by atoms with Crippen molar-refractivity contribution in [2.24, 2.45) is 0 Å². The lowest BCUT2D eigenvalue weighted by molar-refractivity contribution is 0.0997. The molecule has 0 saturated carbocycles. The third kappa shape index (κ3) is 4.08. The number of amides is 1. The average molecular weight is 412 g/mol. The molecular formula is C22H15ClFNO4. The third-order valence-corrected chi connectivity index (χ3v) is 4.55. The smallest absolute Gasteiger partial charge is 0.291 e. The van der Waals surface area contributed by atoms with E-state index in [9.17, 15) is 9.18 Å². The van der Waals surface area contributed by atoms with Gasteiger partial charge in [0.05, 0.1) is 5.02 Å². The van der Waals surface area contributed by atoms with Gasteiger partial charge >= 0.3 is 0 Å². The van der Waals surface area contributed by atoms with E-state index in [0.717, 1.165) is 5.56 Å². The van der Waals surface area contributed by atoms with Crippen molar-refractivity contribution in [2.75, 3.05) is 5.32 Å². The van der Waals surface area contributed by atoms with Gasteiger partial charge in [-0.25, -0.2) is 4.39 Å². The molecule has 2 heterocycles. The highest BCUT2D eigenvalue weighted by molar-refractivity contribution is 6.31. The fourth-order valence-corrected chi connectivity index (χ4v) is 3.01. The summed E-state index contributed by atoms with van der Waals surface area (Å²) in [6.07, 6.45) is 0. The topological polar surface area (TPSA) is 75.6 Å². The van der Waals surface area contributed by atoms with E-state index in [1.54, 1.807) is 36.4 Å². The molecule has 2 N–H and O–H groups in total. The zero-order valence-corrected chi connectivity index (χ0v) is 15.7. The predicted octanol–water partition coefficient (Wildman–Crippen LogP) is 5.74. The number of halogens is 2. The van der Waals surface area contributed by atoms with Gasteiger partial charge in [-0.1, -0.05) is 23.7 Å². The molecule has 2 aromatic heterocycles. The number of hydrogen-bond donors (Lipinski definition) is 2. The molecule has 4 rings (SSSR count). The van der Waals surface area contributed by atoms with Crippen molar-refractivity contribution in [3.8, 4) is 22.6 Å². The second kappa shape index (κ2) is 7.95. The van der Waals surface area contributed by atoms with Gasteiger partial charge in [0.2, 0.25) is 0 Å². The summed E-state index contributed by atoms with van der Waals surface area (Å²) in [4.78, 5) is 12.5. The van der Waals surface area contributed by atoms with Gasteiger partial charge in [-0.3, -0.25) is 4.79 Å². The molecule has 1 amide bonds. The van der Waals surface area contributed by atoms with Crippen LogP contribution in [0.5, 0.6) is 0 Å². The summed E-state index contributed by atoms with van der Waals surface area (Å²) in [6.45, 7) is -0.184. The molecule has 0 saturated heterocycles. The quantitative estimate of drug-likeness (QED) is 0.439. The van der Waals surface area contributed by atoms with Crippen molar-refractivity contribution >= 4 is 23.2 Å². The van der Waals surface area contributed by atoms with Crippen LogP contribution in [0.15, 0.2) is 75.6 Å². The van der Waals surface area contributed by atoms with Gasteiger partial charge in [0.25, 0.3) is 5.91 Å². The van der Waals surface area contributed by atoms with Crippen LogP contribution in [0.1, 0.15) is 16.3 Å². The number of carbonyl (C=O) groups is 1. The Morgan fingerprint density at radius 2 is 1.72 bits per heavy atom. The second-order valence-corrected chi connectivity index (χ2v) is 6.66. The highest BCUT2D eigenvalue weighted by Crippen LogP contribution is 2.28. The molecule has 0 radical (unpaired) electrons. The lowest BCUT2D eigenvalue weighted by atomic mass is 10.1. The van der Waals surface area contributed by atoms with Crippen molar-refractivity contribution in [1.29, 1.82) is 0 Å². The second-order valence-electron chi connectivity index (χ2n) is 6.25. The lowest BCUT2D eigenvalue weighted by Crippen LogP contribution is -2.10. The largest absolute Gasteiger partial charge is 0.459 e. The van der Waals surface area contributed by atoms with Crippen molar-refractivity contribution in [2.45, 2.75) is 6.61 Å². The van der Waals surface area contributed by atoms with Crippen LogP contribution in [-0.4, -0.2) is 11.0 Å². The molecule has 0 spiro atoms. The standard InChI is InChI=1S/C22H15ClFNO4/c23-17-11-14(4-6-18(17)24)20-8-9-21(29-20)22(27)25-15-3-1-2-13(10-15)19-7-5-16(12-26)28-19/h1-11,26H,12H2,(H,25,27). The first-order chi connectivity index (χ1) is 14.0. The zero-order chi connectivity index (χ0) is 20.4. The van der Waals surface area contributed by atoms with Crippen LogP contribution in [0.4, 0.5) is 10.1 Å². The number of rotatable bonds is 5. The number of furan rings is 2. The van der Waals surface area contributed by atoms with E-state index >= 15 is 0 Å². The summed E-state index contributed by atoms with van der Waals surface area (Å²) < 4.78 is 24.4. The number of carbonyl (C=O) groups excluding carboxylic acids is 1. The van der Waals surface area contributed by atoms with Crippen LogP contribution in [0.25, 0.3) is 22.6 Å². The minimum atomic E-state index is -0.525. The van der Waals surface area contributed by atoms with Crippen molar-refractivity contribution in [1.82, 2.24) is 0 Å². The maximum Gasteiger partial charge on any atom is 0.291 e. The number of hydrogen-bond acceptors (Lipinski definition) is 4. The van der Waals surface area contributed by atoms with Crippen LogP contribution in [-0.2, 0) is 6.61 Å². The highest BCUT2D eigenvalue weighted by atomic mass is 35.5. The molecular weight excluding hydrogens is 397 g/mol. The number of anilines is 1. The molecule has 5 nitrogen and oxygen atoms in total. The van der Waals surface area contributed by atoms with Crippen LogP contribution < -0.4 is 5.32 Å². The van der Waals surface area contributed by atoms with Gasteiger partial charge in [-0.05, 0) is 54.6 Å². The molecule has 146 valence electrons. The number of nitrogens with one attached hydrogen (secondary N) is 1. The van der Waals surface area contributed by atoms with Gasteiger partial charge < -0.3 is 19.3 Å². The zero-order valence-electron chi connectivity index (χ0n) is 15.0. The van der Waals surface area contributed by atoms with E-state index in [4.69, 9.17) is 25.5 Å². The minimum absolute atomic E-state index is 0.0241. The average Bonchev–Trinajstić information content (AvgIpc) is 3.40. The summed E-state index contributed by atoms with van der Waals surface area (Å²) in [5, 5.41) is 11.9. The Bertz CT molecular complexity index is 1180. The predicted molar refractivity (Wildman–Crippen MR) is 107 cm³/mol. The number of aliphatic hydroxyl groups is 1. The van der Waals surface area contributed by atoms with Crippen LogP contribution >= 0.6 is 11.6 Å². The molecule has 0 aliphatic rings. The molecule has 29 heavy (non-hydrogen) atoms. The van der Waals surface area contributed by atoms with Gasteiger partial charge in [0, 0.05) is 16.8 Å². The Kier molecular flexibility index (Phi) is 5.20. The number of aliphatic hydroxyl groups excluding tert-OH is 1. The normalized spacial score (nSPS) is 10.9. The van der Waals surface area contributed by atoms with E-state index in [2.05, 4.69) is 5.32 Å². The summed E-state index contributed by atoms with van der Waals surface area (Å²) in [6, 6.07) is 17.9. The molecule has 0 unspecified atom stereocenters. The minimum Gasteiger partial charge on any atom is -0.459 e. The summed E-state index contributed by atoms with van der Waals surface area (Å²) in [5.74, 6) is 0.584. The summed E-state index contributed by atoms with van der Waals surface area (Å²) >= 11 is 5.80. The van der Waals surface area contributed by atoms with E-state index in [1.165, 1.54) is 24.3 Å². The third-order valence-electron chi connectivity index (χ3n) is 4.26. The maximum atomic E-state index is 13.3. The highest BCUT2D eigenvalue weighted by Gasteiger charge is 2.14. The van der Waals surface area contributed by atoms with Crippen LogP contribution in [0, 0.1) is 5.82 Å². The molecule has 0 aliphatic carbocycles. The van der Waals surface area contributed by atoms with Crippen molar-refractivity contribution in [3.05, 3.63) is 89.1 Å². The monoisotopic (exact) mass is 411 g/mol. The first-order valence-electron chi connectivity index (χ1n) is 8.70. The Morgan fingerprint density at radius 1 is 0.966 bits per heavy atom. The number of benzene rings is 2. The molecule has 0 atom stereocenters. The lowest BCUT2D eigenvalue weighted by Gasteiger charge is -2.05. The van der Waals surface area contributed by atoms with Crippen molar-refractivity contribution < 1.29 is 23.1 Å². The van der Waals surface area contributed by atoms with Gasteiger partial charge in [-0.2, -0.15) is 0 Å². The van der Waals surface area contributed by atoms with E-state index in [0.29, 0.717) is 28.5 Å². The maximum absolute atomic E-state index is 13.3. The summed E-state index contributed by atoms with van der Waals surface area (Å²) in [7, 11) is 0. The van der Waals surface area contributed by atoms with Gasteiger partial charge in [0.15, 0.2) is 5.76 Å². The van der Waals surface area contributed by atoms with Crippen molar-refractivity contribution in [3.63, 3.8) is 0 Å². The molecule has 0 fully saturated rings. The van der Waals surface area contributed by atoms with E-state index < -0.39 is 11.7 Å². The van der Waals surface area contributed by atoms with Gasteiger partial charge in [-0.15, -0.1) is 0 Å². The Morgan fingerprint density at radius 3 is 2.48 bits per heavy atom. The molecule has 7 heteroatoms. The first kappa shape index (κ1) is 19.0. The molecule has 2 aromatic carbocycles. The van der Waals surface area contributed by atoms with Gasteiger partial charge in [0.1, 0.15) is 29.7 Å². The summed E-state index contributed by atoms with van der Waals surface area (Å²) in [5.41, 5.74) is 1.87. The van der Waals surface area contributed by atoms with E-state index in [-0.39, 0.29) is 17.4 Å². The SMILES string of the molecule is O=C(Nc1cccc(-c2ccc(CO)o2)c1)c1ccc(-c2ccc(F)c(Cl)c2)o1. The molecule has 4 aromatic rings. The Labute approximate surface area is 170 Å². The fourth-order valence-electron chi connectivity index (χ4n) is 2.83. The first-order valence-corrected chi connectivity index (χ1v) is 9.08. The Hall–Kier alpha value is -3.35.